The SMILES string of the molecule is COc1cc(Cl)c(-n2c(=O)[nH]c3c(OC)nc(C)nc32)cc1OCc1c(OC)ccc(F)c1F. The predicted molar refractivity (Wildman–Crippen MR) is 120 cm³/mol. The molecule has 4 rings (SSSR count). The quantitative estimate of drug-likeness (QED) is 0.417. The van der Waals surface area contributed by atoms with Crippen molar-refractivity contribution in [1.29, 1.82) is 0 Å². The van der Waals surface area contributed by atoms with Crippen LogP contribution in [0.3, 0.4) is 0 Å². The zero-order valence-electron chi connectivity index (χ0n) is 18.5. The van der Waals surface area contributed by atoms with Gasteiger partial charge in [0.15, 0.2) is 28.8 Å². The van der Waals surface area contributed by atoms with Crippen LogP contribution in [-0.2, 0) is 6.61 Å². The highest BCUT2D eigenvalue weighted by Gasteiger charge is 2.21. The Morgan fingerprint density at radius 3 is 2.44 bits per heavy atom. The number of aromatic amines is 1. The van der Waals surface area contributed by atoms with E-state index in [1.165, 1.54) is 44.1 Å². The van der Waals surface area contributed by atoms with Crippen molar-refractivity contribution in [3.05, 3.63) is 62.8 Å². The van der Waals surface area contributed by atoms with Crippen molar-refractivity contribution in [3.8, 4) is 28.8 Å². The van der Waals surface area contributed by atoms with Crippen molar-refractivity contribution in [3.63, 3.8) is 0 Å². The average Bonchev–Trinajstić information content (AvgIpc) is 3.15. The molecule has 0 amide bonds. The highest BCUT2D eigenvalue weighted by Crippen LogP contribution is 2.37. The summed E-state index contributed by atoms with van der Waals surface area (Å²) < 4.78 is 50.8. The van der Waals surface area contributed by atoms with E-state index < -0.39 is 17.3 Å². The molecule has 0 aliphatic carbocycles. The van der Waals surface area contributed by atoms with Gasteiger partial charge in [0, 0.05) is 12.1 Å². The fraction of sp³-hybridized carbons (Fsp3) is 0.227. The van der Waals surface area contributed by atoms with Gasteiger partial charge in [0.2, 0.25) is 5.88 Å². The molecule has 0 radical (unpaired) electrons. The van der Waals surface area contributed by atoms with Gasteiger partial charge >= 0.3 is 5.69 Å². The van der Waals surface area contributed by atoms with Crippen LogP contribution in [0.5, 0.6) is 23.1 Å². The largest absolute Gasteiger partial charge is 0.496 e. The lowest BCUT2D eigenvalue weighted by molar-refractivity contribution is 0.270. The molecule has 9 nitrogen and oxygen atoms in total. The van der Waals surface area contributed by atoms with Gasteiger partial charge in [-0.05, 0) is 19.1 Å². The Labute approximate surface area is 196 Å². The lowest BCUT2D eigenvalue weighted by Crippen LogP contribution is -2.16. The average molecular weight is 493 g/mol. The highest BCUT2D eigenvalue weighted by atomic mass is 35.5. The second-order valence-corrected chi connectivity index (χ2v) is 7.44. The standard InChI is InChI=1S/C22H19ClF2N4O5/c1-10-26-20-19(21(27-10)33-4)28-22(30)29(20)14-8-17(16(32-3)7-12(14)23)34-9-11-15(31-2)6-5-13(24)18(11)25/h5-8H,9H2,1-4H3,(H,28,30). The second-order valence-electron chi connectivity index (χ2n) is 7.03. The fourth-order valence-electron chi connectivity index (χ4n) is 3.45. The van der Waals surface area contributed by atoms with Gasteiger partial charge in [0.25, 0.3) is 0 Å². The van der Waals surface area contributed by atoms with Gasteiger partial charge in [0.05, 0.1) is 37.6 Å². The van der Waals surface area contributed by atoms with Gasteiger partial charge in [-0.25, -0.2) is 23.1 Å². The number of hydrogen-bond donors (Lipinski definition) is 1. The molecule has 34 heavy (non-hydrogen) atoms. The topological polar surface area (TPSA) is 100 Å². The summed E-state index contributed by atoms with van der Waals surface area (Å²) in [4.78, 5) is 24.0. The summed E-state index contributed by atoms with van der Waals surface area (Å²) in [5.74, 6) is -1.15. The molecule has 0 unspecified atom stereocenters. The van der Waals surface area contributed by atoms with Crippen LogP contribution in [0.1, 0.15) is 11.4 Å². The molecule has 12 heteroatoms. The van der Waals surface area contributed by atoms with Crippen molar-refractivity contribution < 1.29 is 27.7 Å². The molecule has 0 saturated heterocycles. The van der Waals surface area contributed by atoms with E-state index in [0.717, 1.165) is 6.07 Å². The van der Waals surface area contributed by atoms with E-state index in [4.69, 9.17) is 30.5 Å². The molecule has 2 aromatic carbocycles. The first kappa shape index (κ1) is 23.3. The van der Waals surface area contributed by atoms with E-state index in [9.17, 15) is 13.6 Å². The number of rotatable bonds is 7. The van der Waals surface area contributed by atoms with E-state index in [2.05, 4.69) is 15.0 Å². The van der Waals surface area contributed by atoms with E-state index in [1.807, 2.05) is 0 Å². The summed E-state index contributed by atoms with van der Waals surface area (Å²) in [6.45, 7) is 1.26. The Hall–Kier alpha value is -3.86. The second kappa shape index (κ2) is 9.18. The number of imidazole rings is 1. The third kappa shape index (κ3) is 3.98. The van der Waals surface area contributed by atoms with Crippen molar-refractivity contribution in [2.75, 3.05) is 21.3 Å². The van der Waals surface area contributed by atoms with Crippen molar-refractivity contribution in [2.24, 2.45) is 0 Å². The number of nitrogens with zero attached hydrogens (tertiary/aromatic N) is 3. The normalized spacial score (nSPS) is 11.0. The van der Waals surface area contributed by atoms with E-state index in [1.54, 1.807) is 6.92 Å². The molecule has 0 bridgehead atoms. The maximum Gasteiger partial charge on any atom is 0.332 e. The van der Waals surface area contributed by atoms with Crippen molar-refractivity contribution in [1.82, 2.24) is 19.5 Å². The molecule has 4 aromatic rings. The molecular weight excluding hydrogens is 474 g/mol. The number of H-pyrrole nitrogens is 1. The Balaban J connectivity index is 1.83. The van der Waals surface area contributed by atoms with Gasteiger partial charge in [-0.15, -0.1) is 0 Å². The first-order valence-electron chi connectivity index (χ1n) is 9.84. The van der Waals surface area contributed by atoms with Gasteiger partial charge in [-0.1, -0.05) is 11.6 Å². The Kier molecular flexibility index (Phi) is 6.29. The van der Waals surface area contributed by atoms with E-state index in [0.29, 0.717) is 5.82 Å². The minimum absolute atomic E-state index is 0.110. The molecule has 0 saturated carbocycles. The Bertz CT molecular complexity index is 1450. The van der Waals surface area contributed by atoms with Crippen LogP contribution in [0.4, 0.5) is 8.78 Å². The number of aromatic nitrogens is 4. The van der Waals surface area contributed by atoms with Crippen LogP contribution in [-0.4, -0.2) is 40.8 Å². The number of hydrogen-bond acceptors (Lipinski definition) is 7. The molecule has 0 aliphatic rings. The zero-order chi connectivity index (χ0) is 24.6. The zero-order valence-corrected chi connectivity index (χ0v) is 19.3. The van der Waals surface area contributed by atoms with E-state index in [-0.39, 0.29) is 57.2 Å². The minimum Gasteiger partial charge on any atom is -0.496 e. The summed E-state index contributed by atoms with van der Waals surface area (Å²) in [5, 5.41) is 0.150. The Morgan fingerprint density at radius 1 is 1.03 bits per heavy atom. The number of aryl methyl sites for hydroxylation is 1. The minimum atomic E-state index is -1.10. The lowest BCUT2D eigenvalue weighted by atomic mass is 10.2. The van der Waals surface area contributed by atoms with Gasteiger partial charge < -0.3 is 18.9 Å². The molecule has 0 fully saturated rings. The van der Waals surface area contributed by atoms with Crippen molar-refractivity contribution in [2.45, 2.75) is 13.5 Å². The number of halogens is 3. The smallest absolute Gasteiger partial charge is 0.332 e. The number of benzene rings is 2. The van der Waals surface area contributed by atoms with Crippen LogP contribution in [0, 0.1) is 18.6 Å². The molecule has 178 valence electrons. The van der Waals surface area contributed by atoms with Crippen LogP contribution in [0.2, 0.25) is 5.02 Å². The lowest BCUT2D eigenvalue weighted by Gasteiger charge is -2.16. The van der Waals surface area contributed by atoms with Crippen LogP contribution >= 0.6 is 11.6 Å². The maximum absolute atomic E-state index is 14.4. The number of fused-ring (bicyclic) bond motifs is 1. The predicted octanol–water partition coefficient (Wildman–Crippen LogP) is 3.95. The molecule has 1 N–H and O–H groups in total. The number of methoxy groups -OCH3 is 3. The monoisotopic (exact) mass is 492 g/mol. The highest BCUT2D eigenvalue weighted by molar-refractivity contribution is 6.32. The third-order valence-electron chi connectivity index (χ3n) is 5.03. The molecule has 0 spiro atoms. The summed E-state index contributed by atoms with van der Waals surface area (Å²) >= 11 is 6.45. The van der Waals surface area contributed by atoms with Gasteiger partial charge in [0.1, 0.15) is 23.7 Å². The molecule has 0 aliphatic heterocycles. The van der Waals surface area contributed by atoms with Crippen LogP contribution < -0.4 is 24.6 Å². The Morgan fingerprint density at radius 2 is 1.76 bits per heavy atom. The van der Waals surface area contributed by atoms with Crippen LogP contribution in [0.25, 0.3) is 16.9 Å². The van der Waals surface area contributed by atoms with Crippen LogP contribution in [0.15, 0.2) is 29.1 Å². The molecule has 2 heterocycles. The maximum atomic E-state index is 14.4. The molecular formula is C22H19ClF2N4O5. The van der Waals surface area contributed by atoms with E-state index >= 15 is 0 Å². The fourth-order valence-corrected chi connectivity index (χ4v) is 3.69. The summed E-state index contributed by atoms with van der Waals surface area (Å²) in [6.07, 6.45) is 0. The first-order valence-corrected chi connectivity index (χ1v) is 10.2. The summed E-state index contributed by atoms with van der Waals surface area (Å²) in [7, 11) is 4.14. The van der Waals surface area contributed by atoms with Crippen molar-refractivity contribution >= 4 is 22.8 Å². The molecule has 2 aromatic heterocycles. The third-order valence-corrected chi connectivity index (χ3v) is 5.33. The van der Waals surface area contributed by atoms with Gasteiger partial charge in [-0.2, -0.15) is 4.98 Å². The first-order chi connectivity index (χ1) is 16.3. The number of nitrogens with one attached hydrogen (secondary N) is 1. The number of ether oxygens (including phenoxy) is 4. The van der Waals surface area contributed by atoms with Gasteiger partial charge in [-0.3, -0.25) is 4.98 Å². The molecule has 0 atom stereocenters. The summed E-state index contributed by atoms with van der Waals surface area (Å²) in [5.41, 5.74) is 0.0345. The summed E-state index contributed by atoms with van der Waals surface area (Å²) in [6, 6.07) is 5.12.